The van der Waals surface area contributed by atoms with Crippen molar-refractivity contribution in [3.05, 3.63) is 40.4 Å². The molecule has 2 heterocycles. The molecule has 1 fully saturated rings. The van der Waals surface area contributed by atoms with Crippen LogP contribution in [-0.2, 0) is 22.4 Å². The van der Waals surface area contributed by atoms with Gasteiger partial charge >= 0.3 is 0 Å². The monoisotopic (exact) mass is 434 g/mol. The van der Waals surface area contributed by atoms with Crippen LogP contribution in [0, 0.1) is 17.6 Å². The van der Waals surface area contributed by atoms with E-state index in [1.165, 1.54) is 0 Å². The Hall–Kier alpha value is -2.55. The van der Waals surface area contributed by atoms with Gasteiger partial charge in [0.1, 0.15) is 11.6 Å². The Labute approximate surface area is 177 Å². The van der Waals surface area contributed by atoms with Crippen molar-refractivity contribution in [3.63, 3.8) is 0 Å². The first-order valence-corrected chi connectivity index (χ1v) is 11.0. The number of aromatic nitrogens is 1. The number of carbonyl (C=O) groups excluding carboxylic acids is 2. The molecule has 30 heavy (non-hydrogen) atoms. The van der Waals surface area contributed by atoms with Gasteiger partial charge in [0.2, 0.25) is 11.8 Å². The molecular weight excluding hydrogens is 410 g/mol. The van der Waals surface area contributed by atoms with Crippen LogP contribution in [0.25, 0.3) is 0 Å². The topological polar surface area (TPSA) is 65.5 Å². The number of piperazine rings is 1. The first-order chi connectivity index (χ1) is 14.4. The summed E-state index contributed by atoms with van der Waals surface area (Å²) in [5.41, 5.74) is 0.887. The van der Waals surface area contributed by atoms with Gasteiger partial charge in [-0.25, -0.2) is 13.8 Å². The first-order valence-electron chi connectivity index (χ1n) is 10.2. The minimum Gasteiger partial charge on any atom is -0.345 e. The highest BCUT2D eigenvalue weighted by atomic mass is 32.1. The number of carbonyl (C=O) groups is 2. The normalized spacial score (nSPS) is 18.8. The van der Waals surface area contributed by atoms with E-state index < -0.39 is 11.6 Å². The molecule has 1 aromatic heterocycles. The fourth-order valence-corrected chi connectivity index (χ4v) is 5.16. The van der Waals surface area contributed by atoms with Gasteiger partial charge in [-0.15, -0.1) is 11.3 Å². The zero-order valence-electron chi connectivity index (χ0n) is 16.8. The average molecular weight is 435 g/mol. The maximum absolute atomic E-state index is 13.8. The highest BCUT2D eigenvalue weighted by Gasteiger charge is 2.30. The van der Waals surface area contributed by atoms with E-state index in [1.807, 2.05) is 11.8 Å². The Morgan fingerprint density at radius 2 is 2.00 bits per heavy atom. The van der Waals surface area contributed by atoms with Gasteiger partial charge in [0, 0.05) is 49.5 Å². The number of halogens is 2. The molecule has 1 atom stereocenters. The van der Waals surface area contributed by atoms with Gasteiger partial charge < -0.3 is 15.1 Å². The van der Waals surface area contributed by atoms with Gasteiger partial charge in [0.25, 0.3) is 0 Å². The number of amides is 2. The highest BCUT2D eigenvalue weighted by molar-refractivity contribution is 7.15. The third kappa shape index (κ3) is 4.30. The number of anilines is 2. The summed E-state index contributed by atoms with van der Waals surface area (Å²) in [7, 11) is 0. The summed E-state index contributed by atoms with van der Waals surface area (Å²) in [4.78, 5) is 34.4. The molecule has 0 saturated carbocycles. The second-order valence-electron chi connectivity index (χ2n) is 7.64. The number of benzene rings is 1. The van der Waals surface area contributed by atoms with Gasteiger partial charge in [-0.1, -0.05) is 6.92 Å². The van der Waals surface area contributed by atoms with E-state index >= 15 is 0 Å². The number of rotatable bonds is 4. The zero-order valence-corrected chi connectivity index (χ0v) is 17.6. The van der Waals surface area contributed by atoms with Crippen LogP contribution < -0.4 is 10.2 Å². The maximum atomic E-state index is 13.8. The lowest BCUT2D eigenvalue weighted by atomic mass is 9.90. The van der Waals surface area contributed by atoms with Crippen LogP contribution in [0.5, 0.6) is 0 Å². The Balaban J connectivity index is 1.39. The van der Waals surface area contributed by atoms with Crippen molar-refractivity contribution < 1.29 is 18.4 Å². The van der Waals surface area contributed by atoms with E-state index in [9.17, 15) is 18.4 Å². The summed E-state index contributed by atoms with van der Waals surface area (Å²) in [6.45, 7) is 4.77. The predicted octanol–water partition coefficient (Wildman–Crippen LogP) is 3.22. The number of hydrogen-bond acceptors (Lipinski definition) is 5. The van der Waals surface area contributed by atoms with Crippen LogP contribution >= 0.6 is 11.3 Å². The van der Waals surface area contributed by atoms with Gasteiger partial charge in [-0.3, -0.25) is 9.59 Å². The molecule has 0 unspecified atom stereocenters. The smallest absolute Gasteiger partial charge is 0.227 e. The fraction of sp³-hybridized carbons (Fsp3) is 0.476. The Bertz CT molecular complexity index is 956. The van der Waals surface area contributed by atoms with Crippen molar-refractivity contribution in [2.45, 2.75) is 32.6 Å². The molecule has 0 radical (unpaired) electrons. The predicted molar refractivity (Wildman–Crippen MR) is 112 cm³/mol. The molecule has 1 N–H and O–H groups in total. The van der Waals surface area contributed by atoms with Crippen molar-refractivity contribution in [1.82, 2.24) is 9.88 Å². The second kappa shape index (κ2) is 8.67. The van der Waals surface area contributed by atoms with Crippen molar-refractivity contribution in [3.8, 4) is 0 Å². The molecule has 4 rings (SSSR count). The lowest BCUT2D eigenvalue weighted by Gasteiger charge is -2.34. The number of nitrogens with one attached hydrogen (secondary N) is 1. The van der Waals surface area contributed by atoms with E-state index in [-0.39, 0.29) is 23.4 Å². The number of fused-ring (bicyclic) bond motifs is 1. The van der Waals surface area contributed by atoms with E-state index in [0.717, 1.165) is 47.0 Å². The maximum Gasteiger partial charge on any atom is 0.227 e. The van der Waals surface area contributed by atoms with Crippen LogP contribution in [0.15, 0.2) is 18.2 Å². The van der Waals surface area contributed by atoms with Crippen molar-refractivity contribution in [1.29, 1.82) is 0 Å². The van der Waals surface area contributed by atoms with Crippen LogP contribution in [0.4, 0.5) is 19.6 Å². The summed E-state index contributed by atoms with van der Waals surface area (Å²) < 4.78 is 27.2. The molecule has 6 nitrogen and oxygen atoms in total. The van der Waals surface area contributed by atoms with Gasteiger partial charge in [-0.05, 0) is 31.4 Å². The summed E-state index contributed by atoms with van der Waals surface area (Å²) in [6.07, 6.45) is 2.38. The van der Waals surface area contributed by atoms with E-state index in [2.05, 4.69) is 10.2 Å². The van der Waals surface area contributed by atoms with E-state index in [0.29, 0.717) is 38.8 Å². The third-order valence-corrected chi connectivity index (χ3v) is 6.87. The first kappa shape index (κ1) is 20.7. The largest absolute Gasteiger partial charge is 0.345 e. The molecule has 0 spiro atoms. The van der Waals surface area contributed by atoms with Gasteiger partial charge in [0.05, 0.1) is 11.4 Å². The lowest BCUT2D eigenvalue weighted by molar-refractivity contribution is -0.131. The van der Waals surface area contributed by atoms with Crippen LogP contribution in [0.2, 0.25) is 0 Å². The summed E-state index contributed by atoms with van der Waals surface area (Å²) >= 11 is 1.59. The van der Waals surface area contributed by atoms with Crippen LogP contribution in [0.3, 0.4) is 0 Å². The molecule has 160 valence electrons. The van der Waals surface area contributed by atoms with Crippen molar-refractivity contribution in [2.24, 2.45) is 5.92 Å². The number of hydrogen-bond donors (Lipinski definition) is 1. The number of thiazole rings is 1. The average Bonchev–Trinajstić information content (AvgIpc) is 3.19. The number of nitrogens with zero attached hydrogens (tertiary/aromatic N) is 3. The second-order valence-corrected chi connectivity index (χ2v) is 8.70. The summed E-state index contributed by atoms with van der Waals surface area (Å²) in [5.74, 6) is -1.66. The number of aryl methyl sites for hydroxylation is 1. The van der Waals surface area contributed by atoms with Crippen molar-refractivity contribution >= 4 is 34.0 Å². The highest BCUT2D eigenvalue weighted by Crippen LogP contribution is 2.35. The summed E-state index contributed by atoms with van der Waals surface area (Å²) in [5, 5.41) is 3.46. The fourth-order valence-electron chi connectivity index (χ4n) is 3.92. The minimum atomic E-state index is -0.651. The molecule has 1 aromatic carbocycles. The van der Waals surface area contributed by atoms with Gasteiger partial charge in [-0.2, -0.15) is 0 Å². The molecule has 2 aromatic rings. The lowest BCUT2D eigenvalue weighted by Crippen LogP contribution is -2.48. The molecule has 1 saturated heterocycles. The SMILES string of the molecule is CCC(=O)N1CCN(c2nc3c(s2)C[C@@H](C(=O)Nc2cc(F)ccc2F)CC3)CC1. The Morgan fingerprint density at radius 3 is 2.73 bits per heavy atom. The third-order valence-electron chi connectivity index (χ3n) is 5.69. The quantitative estimate of drug-likeness (QED) is 0.803. The van der Waals surface area contributed by atoms with E-state index in [1.54, 1.807) is 11.3 Å². The minimum absolute atomic E-state index is 0.129. The van der Waals surface area contributed by atoms with Crippen LogP contribution in [-0.4, -0.2) is 47.9 Å². The molecular formula is C21H24F2N4O2S. The van der Waals surface area contributed by atoms with E-state index in [4.69, 9.17) is 4.98 Å². The zero-order chi connectivity index (χ0) is 21.3. The summed E-state index contributed by atoms with van der Waals surface area (Å²) in [6, 6.07) is 3.02. The van der Waals surface area contributed by atoms with Gasteiger partial charge in [0.15, 0.2) is 5.13 Å². The molecule has 2 aliphatic rings. The molecule has 1 aliphatic carbocycles. The van der Waals surface area contributed by atoms with Crippen LogP contribution in [0.1, 0.15) is 30.3 Å². The Kier molecular flexibility index (Phi) is 5.99. The molecule has 9 heteroatoms. The molecule has 0 bridgehead atoms. The van der Waals surface area contributed by atoms with Crippen molar-refractivity contribution in [2.75, 3.05) is 36.4 Å². The Morgan fingerprint density at radius 1 is 1.23 bits per heavy atom. The molecule has 1 aliphatic heterocycles. The molecule has 2 amide bonds. The standard InChI is InChI=1S/C21H24F2N4O2S/c1-2-19(28)26-7-9-27(10-8-26)21-25-16-6-3-13(11-18(16)30-21)20(29)24-17-12-14(22)4-5-15(17)23/h4-5,12-13H,2-3,6-11H2,1H3,(H,24,29)/t13-/m0/s1.